The minimum absolute atomic E-state index is 0.0771. The molecular weight excluding hydrogens is 317 g/mol. The average molecular weight is 329 g/mol. The van der Waals surface area contributed by atoms with Crippen molar-refractivity contribution in [2.24, 2.45) is 0 Å². The number of nitrogen functional groups attached to an aromatic ring is 1. The van der Waals surface area contributed by atoms with Gasteiger partial charge in [0.05, 0.1) is 13.3 Å². The minimum Gasteiger partial charge on any atom is -0.465 e. The highest BCUT2D eigenvalue weighted by molar-refractivity contribution is 5.94. The van der Waals surface area contributed by atoms with Crippen molar-refractivity contribution in [3.63, 3.8) is 0 Å². The van der Waals surface area contributed by atoms with E-state index in [0.717, 1.165) is 0 Å². The van der Waals surface area contributed by atoms with Crippen LogP contribution in [0.3, 0.4) is 0 Å². The van der Waals surface area contributed by atoms with Gasteiger partial charge < -0.3 is 15.2 Å². The summed E-state index contributed by atoms with van der Waals surface area (Å²) < 4.78 is 24.3. The van der Waals surface area contributed by atoms with Crippen LogP contribution >= 0.6 is 0 Å². The van der Waals surface area contributed by atoms with Crippen LogP contribution in [0.15, 0.2) is 42.9 Å². The van der Waals surface area contributed by atoms with Crippen molar-refractivity contribution in [2.75, 3.05) is 12.8 Å². The number of benzene rings is 1. The van der Waals surface area contributed by atoms with Gasteiger partial charge in [-0.2, -0.15) is 9.78 Å². The Hall–Kier alpha value is -3.49. The topological polar surface area (TPSA) is 105 Å². The molecule has 0 unspecified atom stereocenters. The van der Waals surface area contributed by atoms with Gasteiger partial charge in [0, 0.05) is 6.07 Å². The molecule has 0 aliphatic rings. The number of rotatable bonds is 4. The fraction of sp³-hybridized carbons (Fsp3) is 0.0667. The number of aromatic nitrogens is 4. The zero-order valence-electron chi connectivity index (χ0n) is 12.5. The number of hydrogen-bond acceptors (Lipinski definition) is 7. The van der Waals surface area contributed by atoms with Crippen LogP contribution < -0.4 is 10.5 Å². The summed E-state index contributed by atoms with van der Waals surface area (Å²) in [6.45, 7) is 0. The normalized spacial score (nSPS) is 10.4. The van der Waals surface area contributed by atoms with Crippen molar-refractivity contribution < 1.29 is 18.7 Å². The van der Waals surface area contributed by atoms with E-state index in [0.29, 0.717) is 11.6 Å². The number of anilines is 1. The Morgan fingerprint density at radius 1 is 1.25 bits per heavy atom. The largest absolute Gasteiger partial charge is 0.465 e. The molecule has 2 N–H and O–H groups in total. The van der Waals surface area contributed by atoms with E-state index in [1.807, 2.05) is 0 Å². The third-order valence-corrected chi connectivity index (χ3v) is 3.09. The summed E-state index contributed by atoms with van der Waals surface area (Å²) in [5.74, 6) is 0.0230. The van der Waals surface area contributed by atoms with Crippen LogP contribution in [0, 0.1) is 5.82 Å². The summed E-state index contributed by atoms with van der Waals surface area (Å²) in [5.41, 5.74) is 6.01. The van der Waals surface area contributed by atoms with E-state index in [-0.39, 0.29) is 23.1 Å². The van der Waals surface area contributed by atoms with Crippen molar-refractivity contribution in [1.29, 1.82) is 0 Å². The Kier molecular flexibility index (Phi) is 4.06. The predicted octanol–water partition coefficient (Wildman–Crippen LogP) is 1.96. The smallest absolute Gasteiger partial charge is 0.343 e. The van der Waals surface area contributed by atoms with Gasteiger partial charge in [-0.15, -0.1) is 0 Å². The zero-order valence-corrected chi connectivity index (χ0v) is 12.5. The lowest BCUT2D eigenvalue weighted by molar-refractivity contribution is 0.0602. The second-order valence-corrected chi connectivity index (χ2v) is 4.62. The Morgan fingerprint density at radius 3 is 2.71 bits per heavy atom. The van der Waals surface area contributed by atoms with Gasteiger partial charge in [-0.25, -0.2) is 19.2 Å². The van der Waals surface area contributed by atoms with Crippen molar-refractivity contribution >= 4 is 11.8 Å². The average Bonchev–Trinajstić information content (AvgIpc) is 2.98. The first kappa shape index (κ1) is 15.4. The van der Waals surface area contributed by atoms with Gasteiger partial charge in [0.2, 0.25) is 5.88 Å². The third kappa shape index (κ3) is 3.00. The quantitative estimate of drug-likeness (QED) is 0.729. The first-order chi connectivity index (χ1) is 11.6. The van der Waals surface area contributed by atoms with E-state index in [1.165, 1.54) is 54.6 Å². The summed E-state index contributed by atoms with van der Waals surface area (Å²) in [5, 5.41) is 4.01. The molecule has 2 heterocycles. The van der Waals surface area contributed by atoms with Crippen LogP contribution in [-0.2, 0) is 4.74 Å². The number of ether oxygens (including phenoxy) is 2. The lowest BCUT2D eigenvalue weighted by atomic mass is 10.3. The summed E-state index contributed by atoms with van der Waals surface area (Å²) in [4.78, 5) is 19.6. The van der Waals surface area contributed by atoms with Crippen LogP contribution in [-0.4, -0.2) is 32.8 Å². The zero-order chi connectivity index (χ0) is 17.1. The lowest BCUT2D eigenvalue weighted by Gasteiger charge is -2.07. The second-order valence-electron chi connectivity index (χ2n) is 4.62. The molecule has 0 atom stereocenters. The first-order valence-corrected chi connectivity index (χ1v) is 6.76. The molecule has 9 heteroatoms. The summed E-state index contributed by atoms with van der Waals surface area (Å²) in [6.07, 6.45) is 2.54. The molecule has 0 aliphatic heterocycles. The second kappa shape index (κ2) is 6.32. The molecule has 3 rings (SSSR count). The van der Waals surface area contributed by atoms with Crippen molar-refractivity contribution in [1.82, 2.24) is 19.7 Å². The van der Waals surface area contributed by atoms with Crippen LogP contribution in [0.2, 0.25) is 0 Å². The fourth-order valence-electron chi connectivity index (χ4n) is 1.93. The van der Waals surface area contributed by atoms with Gasteiger partial charge >= 0.3 is 5.97 Å². The van der Waals surface area contributed by atoms with Gasteiger partial charge in [-0.3, -0.25) is 0 Å². The van der Waals surface area contributed by atoms with Crippen molar-refractivity contribution in [3.8, 4) is 17.4 Å². The summed E-state index contributed by atoms with van der Waals surface area (Å²) in [6, 6.07) is 6.95. The first-order valence-electron chi connectivity index (χ1n) is 6.76. The van der Waals surface area contributed by atoms with Crippen molar-refractivity contribution in [3.05, 3.63) is 54.2 Å². The number of carbonyl (C=O) groups excluding carboxylic acids is 1. The van der Waals surface area contributed by atoms with Crippen molar-refractivity contribution in [2.45, 2.75) is 0 Å². The van der Waals surface area contributed by atoms with Crippen LogP contribution in [0.25, 0.3) is 5.82 Å². The maximum absolute atomic E-state index is 12.9. The Morgan fingerprint density at radius 2 is 2.00 bits per heavy atom. The van der Waals surface area contributed by atoms with Gasteiger partial charge in [0.1, 0.15) is 29.3 Å². The molecule has 2 aromatic heterocycles. The highest BCUT2D eigenvalue weighted by Crippen LogP contribution is 2.22. The van der Waals surface area contributed by atoms with Gasteiger partial charge in [0.25, 0.3) is 0 Å². The van der Waals surface area contributed by atoms with Crippen LogP contribution in [0.1, 0.15) is 10.4 Å². The molecule has 0 saturated carbocycles. The van der Waals surface area contributed by atoms with Gasteiger partial charge in [-0.05, 0) is 24.3 Å². The van der Waals surface area contributed by atoms with E-state index in [4.69, 9.17) is 10.5 Å². The van der Waals surface area contributed by atoms with Gasteiger partial charge in [-0.1, -0.05) is 0 Å². The molecule has 8 nitrogen and oxygen atoms in total. The molecular formula is C15H12FN5O3. The van der Waals surface area contributed by atoms with Crippen LogP contribution in [0.4, 0.5) is 10.2 Å². The Bertz CT molecular complexity index is 879. The monoisotopic (exact) mass is 329 g/mol. The fourth-order valence-corrected chi connectivity index (χ4v) is 1.93. The number of hydrogen-bond donors (Lipinski definition) is 1. The van der Waals surface area contributed by atoms with E-state index in [2.05, 4.69) is 19.8 Å². The molecule has 0 radical (unpaired) electrons. The highest BCUT2D eigenvalue weighted by Gasteiger charge is 2.17. The van der Waals surface area contributed by atoms with E-state index in [1.54, 1.807) is 0 Å². The van der Waals surface area contributed by atoms with Crippen LogP contribution in [0.5, 0.6) is 11.6 Å². The lowest BCUT2D eigenvalue weighted by Crippen LogP contribution is -2.08. The molecule has 24 heavy (non-hydrogen) atoms. The number of methoxy groups -OCH3 is 1. The molecule has 1 aromatic carbocycles. The maximum Gasteiger partial charge on any atom is 0.343 e. The number of nitrogens with two attached hydrogens (primary N) is 1. The number of halogens is 1. The number of nitrogens with zero attached hydrogens (tertiary/aromatic N) is 4. The van der Waals surface area contributed by atoms with E-state index >= 15 is 0 Å². The molecule has 0 aliphatic carbocycles. The predicted molar refractivity (Wildman–Crippen MR) is 81.4 cm³/mol. The molecule has 3 aromatic rings. The minimum atomic E-state index is -0.601. The third-order valence-electron chi connectivity index (χ3n) is 3.09. The summed E-state index contributed by atoms with van der Waals surface area (Å²) in [7, 11) is 1.25. The molecule has 0 amide bonds. The highest BCUT2D eigenvalue weighted by atomic mass is 19.1. The standard InChI is InChI=1S/C15H12FN5O3/c1-23-15(22)11-7-20-21(14(11)17)12-6-13(19-8-18-12)24-10-4-2-9(16)3-5-10/h2-8H,17H2,1H3. The van der Waals surface area contributed by atoms with Gasteiger partial charge in [0.15, 0.2) is 5.82 Å². The molecule has 122 valence electrons. The SMILES string of the molecule is COC(=O)c1cnn(-c2cc(Oc3ccc(F)cc3)ncn2)c1N. The Labute approximate surface area is 135 Å². The Balaban J connectivity index is 1.89. The molecule has 0 fully saturated rings. The molecule has 0 bridgehead atoms. The molecule has 0 saturated heterocycles. The van der Waals surface area contributed by atoms with E-state index < -0.39 is 5.97 Å². The molecule has 0 spiro atoms. The maximum atomic E-state index is 12.9. The number of esters is 1. The number of carbonyl (C=O) groups is 1. The van der Waals surface area contributed by atoms with E-state index in [9.17, 15) is 9.18 Å². The summed E-state index contributed by atoms with van der Waals surface area (Å²) >= 11 is 0.